The second kappa shape index (κ2) is 4.68. The summed E-state index contributed by atoms with van der Waals surface area (Å²) < 4.78 is 2.60. The molecule has 1 aromatic heterocycles. The molecule has 18 heavy (non-hydrogen) atoms. The van der Waals surface area contributed by atoms with Gasteiger partial charge in [-0.05, 0) is 47.5 Å². The van der Waals surface area contributed by atoms with Crippen LogP contribution in [0.15, 0.2) is 22.7 Å². The highest BCUT2D eigenvalue weighted by molar-refractivity contribution is 9.10. The lowest BCUT2D eigenvalue weighted by molar-refractivity contribution is 1.01. The molecule has 92 valence electrons. The Morgan fingerprint density at radius 1 is 1.39 bits per heavy atom. The van der Waals surface area contributed by atoms with Gasteiger partial charge in [-0.3, -0.25) is 4.57 Å². The van der Waals surface area contributed by atoms with Crippen LogP contribution in [0, 0.1) is 25.2 Å². The second-order valence-electron chi connectivity index (χ2n) is 3.99. The normalized spacial score (nSPS) is 10.4. The van der Waals surface area contributed by atoms with E-state index in [0.717, 1.165) is 21.4 Å². The quantitative estimate of drug-likeness (QED) is 0.863. The van der Waals surface area contributed by atoms with Crippen LogP contribution >= 0.6 is 27.5 Å². The van der Waals surface area contributed by atoms with Crippen LogP contribution in [0.25, 0.3) is 5.69 Å². The summed E-state index contributed by atoms with van der Waals surface area (Å²) in [5.74, 6) is 0.440. The minimum absolute atomic E-state index is 0.440. The molecule has 5 heteroatoms. The molecule has 0 atom stereocenters. The van der Waals surface area contributed by atoms with Crippen molar-refractivity contribution in [3.63, 3.8) is 0 Å². The molecule has 3 nitrogen and oxygen atoms in total. The first-order valence-electron chi connectivity index (χ1n) is 5.31. The van der Waals surface area contributed by atoms with Crippen molar-refractivity contribution in [3.05, 3.63) is 44.5 Å². The third-order valence-electron chi connectivity index (χ3n) is 3.03. The van der Waals surface area contributed by atoms with Crippen molar-refractivity contribution in [2.75, 3.05) is 5.73 Å². The van der Waals surface area contributed by atoms with E-state index in [1.54, 1.807) is 6.07 Å². The van der Waals surface area contributed by atoms with Gasteiger partial charge in [-0.15, -0.1) is 0 Å². The Bertz CT molecular complexity index is 668. The zero-order valence-electron chi connectivity index (χ0n) is 9.96. The molecular weight excluding hydrogens is 314 g/mol. The summed E-state index contributed by atoms with van der Waals surface area (Å²) in [7, 11) is 0. The van der Waals surface area contributed by atoms with Crippen molar-refractivity contribution in [1.29, 1.82) is 5.26 Å². The van der Waals surface area contributed by atoms with Gasteiger partial charge in [-0.2, -0.15) is 5.26 Å². The number of nitrogens with two attached hydrogens (primary N) is 1. The smallest absolute Gasteiger partial charge is 0.126 e. The molecule has 0 aliphatic rings. The SMILES string of the molecule is Cc1c(C#N)c(N)n(-c2cccc(Cl)c2Br)c1C. The predicted octanol–water partition coefficient (Wildman–Crippen LogP) is 3.96. The number of hydrogen-bond donors (Lipinski definition) is 1. The molecule has 1 aromatic carbocycles. The second-order valence-corrected chi connectivity index (χ2v) is 5.19. The van der Waals surface area contributed by atoms with Crippen molar-refractivity contribution < 1.29 is 0 Å². The maximum atomic E-state index is 9.13. The Kier molecular flexibility index (Phi) is 3.38. The fourth-order valence-electron chi connectivity index (χ4n) is 1.95. The van der Waals surface area contributed by atoms with Crippen molar-refractivity contribution in [1.82, 2.24) is 4.57 Å². The lowest BCUT2D eigenvalue weighted by atomic mass is 10.2. The highest BCUT2D eigenvalue weighted by atomic mass is 79.9. The van der Waals surface area contributed by atoms with E-state index >= 15 is 0 Å². The maximum Gasteiger partial charge on any atom is 0.126 e. The summed E-state index contributed by atoms with van der Waals surface area (Å²) in [6.07, 6.45) is 0. The van der Waals surface area contributed by atoms with E-state index in [-0.39, 0.29) is 0 Å². The van der Waals surface area contributed by atoms with Crippen LogP contribution in [-0.4, -0.2) is 4.57 Å². The molecule has 0 saturated carbocycles. The Morgan fingerprint density at radius 2 is 2.06 bits per heavy atom. The average molecular weight is 325 g/mol. The molecule has 2 aromatic rings. The molecule has 0 radical (unpaired) electrons. The molecule has 0 aliphatic carbocycles. The van der Waals surface area contributed by atoms with Crippen LogP contribution in [0.2, 0.25) is 5.02 Å². The first-order valence-corrected chi connectivity index (χ1v) is 6.48. The van der Waals surface area contributed by atoms with Gasteiger partial charge in [-0.25, -0.2) is 0 Å². The van der Waals surface area contributed by atoms with Crippen LogP contribution in [-0.2, 0) is 0 Å². The molecule has 0 spiro atoms. The summed E-state index contributed by atoms with van der Waals surface area (Å²) in [6, 6.07) is 7.68. The van der Waals surface area contributed by atoms with Crippen LogP contribution < -0.4 is 5.73 Å². The van der Waals surface area contributed by atoms with Gasteiger partial charge in [0.05, 0.1) is 20.7 Å². The van der Waals surface area contributed by atoms with E-state index in [4.69, 9.17) is 22.6 Å². The van der Waals surface area contributed by atoms with Gasteiger partial charge in [0.25, 0.3) is 0 Å². The van der Waals surface area contributed by atoms with Gasteiger partial charge >= 0.3 is 0 Å². The third-order valence-corrected chi connectivity index (χ3v) is 4.41. The first-order chi connectivity index (χ1) is 8.49. The number of nitrogen functional groups attached to an aromatic ring is 1. The van der Waals surface area contributed by atoms with Crippen molar-refractivity contribution >= 4 is 33.3 Å². The topological polar surface area (TPSA) is 54.7 Å². The first kappa shape index (κ1) is 13.0. The lowest BCUT2D eigenvalue weighted by Crippen LogP contribution is -2.03. The molecule has 0 fully saturated rings. The predicted molar refractivity (Wildman–Crippen MR) is 77.1 cm³/mol. The van der Waals surface area contributed by atoms with Crippen LogP contribution in [0.4, 0.5) is 5.82 Å². The minimum Gasteiger partial charge on any atom is -0.384 e. The molecule has 0 unspecified atom stereocenters. The maximum absolute atomic E-state index is 9.13. The zero-order chi connectivity index (χ0) is 13.4. The monoisotopic (exact) mass is 323 g/mol. The largest absolute Gasteiger partial charge is 0.384 e. The number of anilines is 1. The van der Waals surface area contributed by atoms with Crippen molar-refractivity contribution in [2.24, 2.45) is 0 Å². The van der Waals surface area contributed by atoms with Crippen molar-refractivity contribution in [3.8, 4) is 11.8 Å². The summed E-state index contributed by atoms with van der Waals surface area (Å²) in [4.78, 5) is 0. The van der Waals surface area contributed by atoms with E-state index < -0.39 is 0 Å². The van der Waals surface area contributed by atoms with E-state index in [2.05, 4.69) is 22.0 Å². The van der Waals surface area contributed by atoms with Gasteiger partial charge in [0, 0.05) is 5.69 Å². The fraction of sp³-hybridized carbons (Fsp3) is 0.154. The molecular formula is C13H11BrClN3. The summed E-state index contributed by atoms with van der Waals surface area (Å²) in [5, 5.41) is 9.73. The van der Waals surface area contributed by atoms with Gasteiger partial charge in [-0.1, -0.05) is 17.7 Å². The molecule has 0 saturated heterocycles. The molecule has 2 N–H and O–H groups in total. The lowest BCUT2D eigenvalue weighted by Gasteiger charge is -2.12. The molecule has 0 aliphatic heterocycles. The number of benzene rings is 1. The zero-order valence-corrected chi connectivity index (χ0v) is 12.3. The minimum atomic E-state index is 0.440. The summed E-state index contributed by atoms with van der Waals surface area (Å²) in [5.41, 5.74) is 9.22. The highest BCUT2D eigenvalue weighted by Crippen LogP contribution is 2.34. The summed E-state index contributed by atoms with van der Waals surface area (Å²) >= 11 is 9.53. The van der Waals surface area contributed by atoms with Gasteiger partial charge in [0.2, 0.25) is 0 Å². The summed E-state index contributed by atoms with van der Waals surface area (Å²) in [6.45, 7) is 3.82. The van der Waals surface area contributed by atoms with Crippen LogP contribution in [0.5, 0.6) is 0 Å². The van der Waals surface area contributed by atoms with Gasteiger partial charge in [0.15, 0.2) is 0 Å². The number of hydrogen-bond acceptors (Lipinski definition) is 2. The van der Waals surface area contributed by atoms with E-state index in [1.165, 1.54) is 0 Å². The van der Waals surface area contributed by atoms with Crippen LogP contribution in [0.1, 0.15) is 16.8 Å². The molecule has 0 bridgehead atoms. The van der Waals surface area contributed by atoms with Crippen LogP contribution in [0.3, 0.4) is 0 Å². The van der Waals surface area contributed by atoms with Gasteiger partial charge < -0.3 is 5.73 Å². The Hall–Kier alpha value is -1.44. The van der Waals surface area contributed by atoms with Crippen molar-refractivity contribution in [2.45, 2.75) is 13.8 Å². The Balaban J connectivity index is 2.81. The highest BCUT2D eigenvalue weighted by Gasteiger charge is 2.18. The Morgan fingerprint density at radius 3 is 2.61 bits per heavy atom. The third kappa shape index (κ3) is 1.80. The average Bonchev–Trinajstić information content (AvgIpc) is 2.55. The van der Waals surface area contributed by atoms with E-state index in [0.29, 0.717) is 16.4 Å². The molecule has 1 heterocycles. The van der Waals surface area contributed by atoms with Gasteiger partial charge in [0.1, 0.15) is 11.9 Å². The molecule has 0 amide bonds. The number of nitrogens with zero attached hydrogens (tertiary/aromatic N) is 2. The number of halogens is 2. The number of rotatable bonds is 1. The standard InChI is InChI=1S/C13H11BrClN3/c1-7-8(2)18(13(17)9(7)6-16)11-5-3-4-10(15)12(11)14/h3-5H,17H2,1-2H3. The van der Waals surface area contributed by atoms with E-state index in [1.807, 2.05) is 30.5 Å². The number of nitriles is 1. The fourth-order valence-corrected chi connectivity index (χ4v) is 2.56. The number of aromatic nitrogens is 1. The molecule has 2 rings (SSSR count). The van der Waals surface area contributed by atoms with E-state index in [9.17, 15) is 0 Å². The Labute approximate surface area is 119 Å².